The van der Waals surface area contributed by atoms with Gasteiger partial charge >= 0.3 is 0 Å². The lowest BCUT2D eigenvalue weighted by atomic mass is 10.0. The van der Waals surface area contributed by atoms with E-state index in [2.05, 4.69) is 31.3 Å². The third-order valence-corrected chi connectivity index (χ3v) is 5.33. The zero-order valence-electron chi connectivity index (χ0n) is 16.4. The Balaban J connectivity index is 1.68. The van der Waals surface area contributed by atoms with Gasteiger partial charge in [-0.3, -0.25) is 9.59 Å². The molecule has 0 spiro atoms. The number of carbonyl (C=O) groups excluding carboxylic acids is 2. The number of benzene rings is 2. The average Bonchev–Trinajstić information content (AvgIpc) is 3.04. The molecule has 3 rings (SSSR count). The number of anilines is 1. The second-order valence-corrected chi connectivity index (χ2v) is 7.31. The highest BCUT2D eigenvalue weighted by Crippen LogP contribution is 2.26. The normalized spacial score (nSPS) is 16.6. The van der Waals surface area contributed by atoms with Crippen molar-refractivity contribution in [1.82, 2.24) is 4.90 Å². The lowest BCUT2D eigenvalue weighted by molar-refractivity contribution is -0.128. The summed E-state index contributed by atoms with van der Waals surface area (Å²) in [7, 11) is 0. The van der Waals surface area contributed by atoms with Crippen LogP contribution in [0.15, 0.2) is 42.5 Å². The molecule has 1 atom stereocenters. The van der Waals surface area contributed by atoms with Crippen LogP contribution in [0.3, 0.4) is 0 Å². The number of nitrogens with one attached hydrogen (secondary N) is 1. The summed E-state index contributed by atoms with van der Waals surface area (Å²) in [4.78, 5) is 27.0. The maximum absolute atomic E-state index is 12.8. The van der Waals surface area contributed by atoms with Crippen LogP contribution in [0.1, 0.15) is 42.5 Å². The monoisotopic (exact) mass is 364 g/mol. The molecule has 2 aromatic rings. The Morgan fingerprint density at radius 3 is 2.30 bits per heavy atom. The van der Waals surface area contributed by atoms with Gasteiger partial charge in [0.2, 0.25) is 11.8 Å². The van der Waals surface area contributed by atoms with E-state index in [9.17, 15) is 9.59 Å². The first-order valence-corrected chi connectivity index (χ1v) is 9.76. The van der Waals surface area contributed by atoms with Crippen molar-refractivity contribution in [3.05, 3.63) is 64.7 Å². The molecule has 1 unspecified atom stereocenters. The van der Waals surface area contributed by atoms with Crippen molar-refractivity contribution in [2.24, 2.45) is 5.92 Å². The van der Waals surface area contributed by atoms with Crippen molar-refractivity contribution in [1.29, 1.82) is 0 Å². The molecule has 1 N–H and O–H groups in total. The third-order valence-electron chi connectivity index (χ3n) is 5.33. The molecule has 4 nitrogen and oxygen atoms in total. The molecule has 4 heteroatoms. The molecule has 2 amide bonds. The fourth-order valence-electron chi connectivity index (χ4n) is 3.64. The average molecular weight is 364 g/mol. The Kier molecular flexibility index (Phi) is 5.94. The summed E-state index contributed by atoms with van der Waals surface area (Å²) in [5, 5.41) is 3.12. The SMILES string of the molecule is CCc1cccc(CC)c1NC(=O)C1CC(=O)N(Cc2ccc(C)cc2)C1. The summed E-state index contributed by atoms with van der Waals surface area (Å²) in [6.07, 6.45) is 2.02. The van der Waals surface area contributed by atoms with Gasteiger partial charge in [-0.15, -0.1) is 0 Å². The molecule has 0 aromatic heterocycles. The van der Waals surface area contributed by atoms with Crippen LogP contribution >= 0.6 is 0 Å². The molecule has 1 aliphatic rings. The molecule has 1 saturated heterocycles. The zero-order valence-corrected chi connectivity index (χ0v) is 16.4. The Labute approximate surface area is 161 Å². The molecule has 0 saturated carbocycles. The van der Waals surface area contributed by atoms with E-state index in [-0.39, 0.29) is 24.2 Å². The maximum atomic E-state index is 12.8. The predicted octanol–water partition coefficient (Wildman–Crippen LogP) is 4.11. The van der Waals surface area contributed by atoms with E-state index in [4.69, 9.17) is 0 Å². The van der Waals surface area contributed by atoms with Crippen LogP contribution in [0.5, 0.6) is 0 Å². The highest BCUT2D eigenvalue weighted by atomic mass is 16.2. The number of likely N-dealkylation sites (tertiary alicyclic amines) is 1. The second-order valence-electron chi connectivity index (χ2n) is 7.31. The molecule has 0 radical (unpaired) electrons. The summed E-state index contributed by atoms with van der Waals surface area (Å²) >= 11 is 0. The van der Waals surface area contributed by atoms with Crippen LogP contribution < -0.4 is 5.32 Å². The minimum atomic E-state index is -0.294. The number of amides is 2. The first-order chi connectivity index (χ1) is 13.0. The van der Waals surface area contributed by atoms with Crippen molar-refractivity contribution < 1.29 is 9.59 Å². The van der Waals surface area contributed by atoms with Gasteiger partial charge in [0, 0.05) is 25.2 Å². The smallest absolute Gasteiger partial charge is 0.229 e. The highest BCUT2D eigenvalue weighted by molar-refractivity contribution is 5.98. The minimum absolute atomic E-state index is 0.0506. The quantitative estimate of drug-likeness (QED) is 0.839. The van der Waals surface area contributed by atoms with E-state index >= 15 is 0 Å². The second kappa shape index (κ2) is 8.38. The molecule has 27 heavy (non-hydrogen) atoms. The van der Waals surface area contributed by atoms with Crippen LogP contribution in [0.2, 0.25) is 0 Å². The lowest BCUT2D eigenvalue weighted by Gasteiger charge is -2.18. The number of hydrogen-bond acceptors (Lipinski definition) is 2. The number of aryl methyl sites for hydroxylation is 3. The highest BCUT2D eigenvalue weighted by Gasteiger charge is 2.34. The third kappa shape index (κ3) is 4.38. The Bertz CT molecular complexity index is 805. The van der Waals surface area contributed by atoms with Crippen molar-refractivity contribution in [2.75, 3.05) is 11.9 Å². The van der Waals surface area contributed by atoms with E-state index in [1.54, 1.807) is 4.90 Å². The zero-order chi connectivity index (χ0) is 19.4. The van der Waals surface area contributed by atoms with Gasteiger partial charge in [-0.2, -0.15) is 0 Å². The fourth-order valence-corrected chi connectivity index (χ4v) is 3.64. The van der Waals surface area contributed by atoms with Gasteiger partial charge in [0.05, 0.1) is 5.92 Å². The summed E-state index contributed by atoms with van der Waals surface area (Å²) in [6, 6.07) is 14.3. The van der Waals surface area contributed by atoms with Crippen molar-refractivity contribution in [2.45, 2.75) is 46.6 Å². The molecule has 0 aliphatic carbocycles. The molecule has 0 bridgehead atoms. The molecule has 1 fully saturated rings. The van der Waals surface area contributed by atoms with Gasteiger partial charge in [-0.05, 0) is 36.5 Å². The molecule has 1 heterocycles. The van der Waals surface area contributed by atoms with Gasteiger partial charge < -0.3 is 10.2 Å². The summed E-state index contributed by atoms with van der Waals surface area (Å²) in [5.74, 6) is -0.293. The number of nitrogens with zero attached hydrogens (tertiary/aromatic N) is 1. The standard InChI is InChI=1S/C23H28N2O2/c1-4-18-7-6-8-19(5-2)22(18)24-23(27)20-13-21(26)25(15-20)14-17-11-9-16(3)10-12-17/h6-12,20H,4-5,13-15H2,1-3H3,(H,24,27). The van der Waals surface area contributed by atoms with Gasteiger partial charge in [-0.1, -0.05) is 61.9 Å². The molecule has 142 valence electrons. The van der Waals surface area contributed by atoms with Crippen molar-refractivity contribution in [3.63, 3.8) is 0 Å². The topological polar surface area (TPSA) is 49.4 Å². The van der Waals surface area contributed by atoms with Crippen molar-refractivity contribution in [3.8, 4) is 0 Å². The number of para-hydroxylation sites is 1. The van der Waals surface area contributed by atoms with Crippen LogP contribution in [0, 0.1) is 12.8 Å². The Morgan fingerprint density at radius 1 is 1.07 bits per heavy atom. The summed E-state index contributed by atoms with van der Waals surface area (Å²) < 4.78 is 0. The summed E-state index contributed by atoms with van der Waals surface area (Å²) in [5.41, 5.74) is 5.51. The van der Waals surface area contributed by atoms with Crippen LogP contribution in [0.4, 0.5) is 5.69 Å². The lowest BCUT2D eigenvalue weighted by Crippen LogP contribution is -2.28. The molecule has 1 aliphatic heterocycles. The molecular weight excluding hydrogens is 336 g/mol. The van der Waals surface area contributed by atoms with E-state index in [0.29, 0.717) is 13.1 Å². The largest absolute Gasteiger partial charge is 0.338 e. The van der Waals surface area contributed by atoms with Crippen LogP contribution in [-0.4, -0.2) is 23.3 Å². The van der Waals surface area contributed by atoms with Gasteiger partial charge in [-0.25, -0.2) is 0 Å². The van der Waals surface area contributed by atoms with Crippen LogP contribution in [0.25, 0.3) is 0 Å². The van der Waals surface area contributed by atoms with E-state index in [0.717, 1.165) is 35.2 Å². The molecule has 2 aromatic carbocycles. The van der Waals surface area contributed by atoms with E-state index in [1.165, 1.54) is 5.56 Å². The Morgan fingerprint density at radius 2 is 1.70 bits per heavy atom. The van der Waals surface area contributed by atoms with Gasteiger partial charge in [0.25, 0.3) is 0 Å². The number of hydrogen-bond donors (Lipinski definition) is 1. The minimum Gasteiger partial charge on any atom is -0.338 e. The number of carbonyl (C=O) groups is 2. The maximum Gasteiger partial charge on any atom is 0.229 e. The van der Waals surface area contributed by atoms with E-state index < -0.39 is 0 Å². The van der Waals surface area contributed by atoms with Gasteiger partial charge in [0.15, 0.2) is 0 Å². The van der Waals surface area contributed by atoms with Crippen molar-refractivity contribution >= 4 is 17.5 Å². The summed E-state index contributed by atoms with van der Waals surface area (Å²) in [6.45, 7) is 7.27. The van der Waals surface area contributed by atoms with Gasteiger partial charge in [0.1, 0.15) is 0 Å². The number of rotatable bonds is 6. The van der Waals surface area contributed by atoms with Crippen LogP contribution in [-0.2, 0) is 29.0 Å². The molecular formula is C23H28N2O2. The van der Waals surface area contributed by atoms with E-state index in [1.807, 2.05) is 37.3 Å². The fraction of sp³-hybridized carbons (Fsp3) is 0.391. The first-order valence-electron chi connectivity index (χ1n) is 9.76. The predicted molar refractivity (Wildman–Crippen MR) is 109 cm³/mol. The first kappa shape index (κ1) is 19.2. The Hall–Kier alpha value is -2.62.